The van der Waals surface area contributed by atoms with Crippen LogP contribution < -0.4 is 5.73 Å². The van der Waals surface area contributed by atoms with E-state index in [1.165, 1.54) is 11.3 Å². The van der Waals surface area contributed by atoms with Crippen molar-refractivity contribution in [1.82, 2.24) is 4.98 Å². The van der Waals surface area contributed by atoms with E-state index >= 15 is 0 Å². The molecule has 0 aromatic carbocycles. The van der Waals surface area contributed by atoms with Crippen LogP contribution in [0.3, 0.4) is 0 Å². The minimum atomic E-state index is -2.54. The van der Waals surface area contributed by atoms with Gasteiger partial charge in [0.25, 0.3) is 0 Å². The SMILES string of the molecule is CC(C)c1ncc(C2(CN)CC(F)(F)C2)s1. The molecule has 1 saturated carbocycles. The summed E-state index contributed by atoms with van der Waals surface area (Å²) in [5.74, 6) is -2.20. The zero-order valence-electron chi connectivity index (χ0n) is 9.46. The van der Waals surface area contributed by atoms with Crippen molar-refractivity contribution >= 4 is 11.3 Å². The quantitative estimate of drug-likeness (QED) is 0.890. The largest absolute Gasteiger partial charge is 0.330 e. The van der Waals surface area contributed by atoms with Gasteiger partial charge in [-0.25, -0.2) is 13.8 Å². The highest BCUT2D eigenvalue weighted by molar-refractivity contribution is 7.11. The lowest BCUT2D eigenvalue weighted by Crippen LogP contribution is -2.53. The van der Waals surface area contributed by atoms with Crippen molar-refractivity contribution in [2.45, 2.75) is 43.9 Å². The number of hydrogen-bond donors (Lipinski definition) is 1. The van der Waals surface area contributed by atoms with Gasteiger partial charge in [-0.1, -0.05) is 13.8 Å². The molecule has 5 heteroatoms. The van der Waals surface area contributed by atoms with Gasteiger partial charge in [-0.15, -0.1) is 11.3 Å². The molecule has 0 bridgehead atoms. The summed E-state index contributed by atoms with van der Waals surface area (Å²) in [6, 6.07) is 0. The standard InChI is InChI=1S/C11H16F2N2S/c1-7(2)9-15-3-8(16-9)10(6-14)4-11(12,13)5-10/h3,7H,4-6,14H2,1-2H3. The van der Waals surface area contributed by atoms with Crippen molar-refractivity contribution in [3.8, 4) is 0 Å². The number of rotatable bonds is 3. The lowest BCUT2D eigenvalue weighted by Gasteiger charge is -2.45. The van der Waals surface area contributed by atoms with Crippen LogP contribution in [0.5, 0.6) is 0 Å². The molecule has 1 aliphatic rings. The lowest BCUT2D eigenvalue weighted by atomic mass is 9.65. The first-order valence-corrected chi connectivity index (χ1v) is 6.24. The predicted octanol–water partition coefficient (Wildman–Crippen LogP) is 2.89. The Morgan fingerprint density at radius 3 is 2.50 bits per heavy atom. The molecule has 1 aromatic heterocycles. The fourth-order valence-electron chi connectivity index (χ4n) is 2.16. The van der Waals surface area contributed by atoms with E-state index in [1.54, 1.807) is 6.20 Å². The van der Waals surface area contributed by atoms with Gasteiger partial charge in [0.05, 0.1) is 5.01 Å². The van der Waals surface area contributed by atoms with Gasteiger partial charge in [0.2, 0.25) is 5.92 Å². The average molecular weight is 246 g/mol. The molecule has 0 spiro atoms. The Balaban J connectivity index is 2.22. The summed E-state index contributed by atoms with van der Waals surface area (Å²) in [6.07, 6.45) is 1.47. The third-order valence-electron chi connectivity index (χ3n) is 3.12. The van der Waals surface area contributed by atoms with Gasteiger partial charge in [-0.3, -0.25) is 0 Å². The third kappa shape index (κ3) is 1.86. The van der Waals surface area contributed by atoms with E-state index in [2.05, 4.69) is 4.98 Å². The number of hydrogen-bond acceptors (Lipinski definition) is 3. The van der Waals surface area contributed by atoms with Gasteiger partial charge in [0, 0.05) is 41.8 Å². The van der Waals surface area contributed by atoms with Crippen LogP contribution in [0.2, 0.25) is 0 Å². The summed E-state index contributed by atoms with van der Waals surface area (Å²) in [7, 11) is 0. The van der Waals surface area contributed by atoms with Gasteiger partial charge in [0.15, 0.2) is 0 Å². The highest BCUT2D eigenvalue weighted by atomic mass is 32.1. The van der Waals surface area contributed by atoms with Crippen LogP contribution in [0.1, 0.15) is 42.5 Å². The molecule has 2 rings (SSSR count). The number of aromatic nitrogens is 1. The molecule has 2 nitrogen and oxygen atoms in total. The van der Waals surface area contributed by atoms with Crippen LogP contribution in [0.15, 0.2) is 6.20 Å². The van der Waals surface area contributed by atoms with E-state index in [0.29, 0.717) is 5.92 Å². The van der Waals surface area contributed by atoms with Crippen molar-refractivity contribution in [2.24, 2.45) is 5.73 Å². The van der Waals surface area contributed by atoms with Gasteiger partial charge < -0.3 is 5.73 Å². The van der Waals surface area contributed by atoms with Gasteiger partial charge in [-0.05, 0) is 0 Å². The second kappa shape index (κ2) is 3.74. The van der Waals surface area contributed by atoms with Crippen molar-refractivity contribution in [3.63, 3.8) is 0 Å². The van der Waals surface area contributed by atoms with E-state index in [0.717, 1.165) is 9.88 Å². The van der Waals surface area contributed by atoms with E-state index < -0.39 is 11.3 Å². The summed E-state index contributed by atoms with van der Waals surface area (Å²) in [6.45, 7) is 4.38. The second-order valence-electron chi connectivity index (χ2n) is 4.91. The Hall–Kier alpha value is -0.550. The first-order chi connectivity index (χ1) is 7.38. The van der Waals surface area contributed by atoms with E-state index in [-0.39, 0.29) is 19.4 Å². The van der Waals surface area contributed by atoms with Crippen molar-refractivity contribution in [1.29, 1.82) is 0 Å². The number of thiazole rings is 1. The summed E-state index contributed by atoms with van der Waals surface area (Å²) < 4.78 is 26.0. The van der Waals surface area contributed by atoms with E-state index in [1.807, 2.05) is 13.8 Å². The molecule has 0 unspecified atom stereocenters. The Morgan fingerprint density at radius 2 is 2.12 bits per heavy atom. The summed E-state index contributed by atoms with van der Waals surface area (Å²) in [5, 5.41) is 0.998. The van der Waals surface area contributed by atoms with Crippen LogP contribution in [0, 0.1) is 0 Å². The Labute approximate surface area is 97.9 Å². The Morgan fingerprint density at radius 1 is 1.50 bits per heavy atom. The minimum Gasteiger partial charge on any atom is -0.330 e. The van der Waals surface area contributed by atoms with Gasteiger partial charge in [0.1, 0.15) is 0 Å². The number of halogens is 2. The number of nitrogens with zero attached hydrogens (tertiary/aromatic N) is 1. The van der Waals surface area contributed by atoms with Crippen LogP contribution in [-0.4, -0.2) is 17.5 Å². The zero-order chi connectivity index (χ0) is 12.0. The van der Waals surface area contributed by atoms with Crippen LogP contribution in [0.25, 0.3) is 0 Å². The molecular weight excluding hydrogens is 230 g/mol. The molecule has 0 amide bonds. The lowest BCUT2D eigenvalue weighted by molar-refractivity contribution is -0.122. The molecule has 0 atom stereocenters. The molecule has 16 heavy (non-hydrogen) atoms. The summed E-state index contributed by atoms with van der Waals surface area (Å²) >= 11 is 1.52. The molecule has 1 heterocycles. The van der Waals surface area contributed by atoms with Crippen LogP contribution in [0.4, 0.5) is 8.78 Å². The minimum absolute atomic E-state index is 0.129. The van der Waals surface area contributed by atoms with Gasteiger partial charge >= 0.3 is 0 Å². The highest BCUT2D eigenvalue weighted by Gasteiger charge is 2.57. The second-order valence-corrected chi connectivity index (χ2v) is 5.97. The summed E-state index contributed by atoms with van der Waals surface area (Å²) in [5.41, 5.74) is 5.13. The van der Waals surface area contributed by atoms with Crippen LogP contribution in [-0.2, 0) is 5.41 Å². The first kappa shape index (κ1) is 11.9. The normalized spacial score (nSPS) is 22.1. The molecular formula is C11H16F2N2S. The van der Waals surface area contributed by atoms with E-state index in [9.17, 15) is 8.78 Å². The molecule has 0 radical (unpaired) electrons. The monoisotopic (exact) mass is 246 g/mol. The fourth-order valence-corrected chi connectivity index (χ4v) is 3.27. The number of nitrogens with two attached hydrogens (primary N) is 1. The van der Waals surface area contributed by atoms with Crippen molar-refractivity contribution < 1.29 is 8.78 Å². The van der Waals surface area contributed by atoms with E-state index in [4.69, 9.17) is 5.73 Å². The average Bonchev–Trinajstić information content (AvgIpc) is 2.62. The molecule has 0 aliphatic heterocycles. The van der Waals surface area contributed by atoms with Crippen LogP contribution >= 0.6 is 11.3 Å². The third-order valence-corrected chi connectivity index (χ3v) is 4.67. The molecule has 2 N–H and O–H groups in total. The first-order valence-electron chi connectivity index (χ1n) is 5.43. The molecule has 0 saturated heterocycles. The highest BCUT2D eigenvalue weighted by Crippen LogP contribution is 2.54. The molecule has 1 aliphatic carbocycles. The maximum absolute atomic E-state index is 13.0. The summed E-state index contributed by atoms with van der Waals surface area (Å²) in [4.78, 5) is 5.20. The molecule has 1 aromatic rings. The van der Waals surface area contributed by atoms with Crippen molar-refractivity contribution in [3.05, 3.63) is 16.1 Å². The Bertz CT molecular complexity index is 379. The smallest absolute Gasteiger partial charge is 0.250 e. The van der Waals surface area contributed by atoms with Crippen molar-refractivity contribution in [2.75, 3.05) is 6.54 Å². The predicted molar refractivity (Wildman–Crippen MR) is 61.1 cm³/mol. The fraction of sp³-hybridized carbons (Fsp3) is 0.727. The maximum atomic E-state index is 13.0. The molecule has 1 fully saturated rings. The zero-order valence-corrected chi connectivity index (χ0v) is 10.3. The maximum Gasteiger partial charge on any atom is 0.250 e. The Kier molecular flexibility index (Phi) is 2.78. The molecule has 90 valence electrons. The topological polar surface area (TPSA) is 38.9 Å². The number of alkyl halides is 2. The van der Waals surface area contributed by atoms with Gasteiger partial charge in [-0.2, -0.15) is 0 Å².